The number of nitrogens with zero attached hydrogens (tertiary/aromatic N) is 1. The SMILES string of the molecule is COCCN(CC(=O)O)C1CS(=O)(=O)CC1O. The van der Waals surface area contributed by atoms with Gasteiger partial charge in [0, 0.05) is 13.7 Å². The lowest BCUT2D eigenvalue weighted by Gasteiger charge is -2.28. The minimum absolute atomic E-state index is 0.203. The fourth-order valence-electron chi connectivity index (χ4n) is 1.90. The smallest absolute Gasteiger partial charge is 0.317 e. The Morgan fingerprint density at radius 3 is 2.53 bits per heavy atom. The van der Waals surface area contributed by atoms with Crippen LogP contribution in [0.1, 0.15) is 0 Å². The largest absolute Gasteiger partial charge is 0.480 e. The third-order valence-electron chi connectivity index (χ3n) is 2.68. The van der Waals surface area contributed by atoms with Gasteiger partial charge in [-0.1, -0.05) is 0 Å². The molecule has 0 bridgehead atoms. The number of hydrogen-bond donors (Lipinski definition) is 2. The van der Waals surface area contributed by atoms with Gasteiger partial charge < -0.3 is 14.9 Å². The molecule has 2 atom stereocenters. The molecule has 1 aliphatic heterocycles. The monoisotopic (exact) mass is 267 g/mol. The van der Waals surface area contributed by atoms with Gasteiger partial charge in [0.15, 0.2) is 9.84 Å². The summed E-state index contributed by atoms with van der Waals surface area (Å²) in [6.07, 6.45) is -1.03. The Morgan fingerprint density at radius 2 is 2.12 bits per heavy atom. The molecule has 7 nitrogen and oxygen atoms in total. The molecule has 100 valence electrons. The van der Waals surface area contributed by atoms with E-state index in [9.17, 15) is 18.3 Å². The van der Waals surface area contributed by atoms with Gasteiger partial charge in [-0.05, 0) is 0 Å². The van der Waals surface area contributed by atoms with Crippen LogP contribution >= 0.6 is 0 Å². The third kappa shape index (κ3) is 4.23. The number of carboxylic acids is 1. The molecule has 8 heteroatoms. The van der Waals surface area contributed by atoms with Gasteiger partial charge in [0.25, 0.3) is 0 Å². The molecule has 1 fully saturated rings. The van der Waals surface area contributed by atoms with Crippen molar-refractivity contribution >= 4 is 15.8 Å². The minimum atomic E-state index is -3.28. The van der Waals surface area contributed by atoms with Gasteiger partial charge in [-0.25, -0.2) is 8.42 Å². The van der Waals surface area contributed by atoms with E-state index in [0.29, 0.717) is 0 Å². The number of carbonyl (C=O) groups is 1. The van der Waals surface area contributed by atoms with Crippen molar-refractivity contribution in [2.45, 2.75) is 12.1 Å². The van der Waals surface area contributed by atoms with Crippen molar-refractivity contribution in [3.8, 4) is 0 Å². The Bertz CT molecular complexity index is 368. The Morgan fingerprint density at radius 1 is 1.47 bits per heavy atom. The molecule has 0 aliphatic carbocycles. The lowest BCUT2D eigenvalue weighted by atomic mass is 10.2. The number of sulfone groups is 1. The first kappa shape index (κ1) is 14.4. The summed E-state index contributed by atoms with van der Waals surface area (Å²) in [4.78, 5) is 12.1. The Hall–Kier alpha value is -0.700. The molecule has 1 aliphatic rings. The molecular formula is C9H17NO6S. The summed E-state index contributed by atoms with van der Waals surface area (Å²) in [5.41, 5.74) is 0. The maximum Gasteiger partial charge on any atom is 0.317 e. The van der Waals surface area contributed by atoms with Crippen LogP contribution in [0.15, 0.2) is 0 Å². The first-order valence-electron chi connectivity index (χ1n) is 5.19. The van der Waals surface area contributed by atoms with Crippen LogP contribution in [0.25, 0.3) is 0 Å². The van der Waals surface area contributed by atoms with Crippen LogP contribution in [-0.4, -0.2) is 80.0 Å². The molecular weight excluding hydrogens is 250 g/mol. The average Bonchev–Trinajstić information content (AvgIpc) is 2.46. The van der Waals surface area contributed by atoms with Gasteiger partial charge in [-0.15, -0.1) is 0 Å². The first-order chi connectivity index (χ1) is 7.85. The van der Waals surface area contributed by atoms with Crippen LogP contribution < -0.4 is 0 Å². The van der Waals surface area contributed by atoms with E-state index in [1.165, 1.54) is 12.0 Å². The zero-order chi connectivity index (χ0) is 13.1. The van der Waals surface area contributed by atoms with Gasteiger partial charge in [0.2, 0.25) is 0 Å². The number of carboxylic acid groups (broad SMARTS) is 1. The van der Waals surface area contributed by atoms with E-state index in [1.807, 2.05) is 0 Å². The van der Waals surface area contributed by atoms with Crippen molar-refractivity contribution < 1.29 is 28.2 Å². The zero-order valence-electron chi connectivity index (χ0n) is 9.57. The van der Waals surface area contributed by atoms with Crippen molar-refractivity contribution in [1.82, 2.24) is 4.90 Å². The van der Waals surface area contributed by atoms with Gasteiger partial charge in [-0.2, -0.15) is 0 Å². The summed E-state index contributed by atoms with van der Waals surface area (Å²) in [5.74, 6) is -1.57. The second-order valence-electron chi connectivity index (χ2n) is 4.07. The normalized spacial score (nSPS) is 27.5. The number of methoxy groups -OCH3 is 1. The highest BCUT2D eigenvalue weighted by Crippen LogP contribution is 2.18. The van der Waals surface area contributed by atoms with E-state index in [2.05, 4.69) is 0 Å². The number of aliphatic hydroxyl groups is 1. The molecule has 0 aromatic rings. The first-order valence-corrected chi connectivity index (χ1v) is 7.01. The molecule has 0 aromatic carbocycles. The second-order valence-corrected chi connectivity index (χ2v) is 6.22. The molecule has 0 aromatic heterocycles. The van der Waals surface area contributed by atoms with Crippen LogP contribution in [0, 0.1) is 0 Å². The van der Waals surface area contributed by atoms with Gasteiger partial charge >= 0.3 is 5.97 Å². The van der Waals surface area contributed by atoms with E-state index < -0.39 is 28.0 Å². The molecule has 0 amide bonds. The summed E-state index contributed by atoms with van der Waals surface area (Å²) in [6.45, 7) is 0.261. The Kier molecular flexibility index (Phi) is 4.87. The summed E-state index contributed by atoms with van der Waals surface area (Å²) in [6, 6.07) is -0.661. The van der Waals surface area contributed by atoms with E-state index in [0.717, 1.165) is 0 Å². The van der Waals surface area contributed by atoms with Crippen LogP contribution in [0.3, 0.4) is 0 Å². The fraction of sp³-hybridized carbons (Fsp3) is 0.889. The fourth-order valence-corrected chi connectivity index (χ4v) is 3.74. The van der Waals surface area contributed by atoms with Crippen LogP contribution in [0.2, 0.25) is 0 Å². The quantitative estimate of drug-likeness (QED) is 0.583. The maximum atomic E-state index is 11.4. The topological polar surface area (TPSA) is 104 Å². The number of hydrogen-bond acceptors (Lipinski definition) is 6. The molecule has 1 rings (SSSR count). The summed E-state index contributed by atoms with van der Waals surface area (Å²) in [5, 5.41) is 18.4. The Labute approximate surface area is 99.9 Å². The number of ether oxygens (including phenoxy) is 1. The lowest BCUT2D eigenvalue weighted by Crippen LogP contribution is -2.47. The van der Waals surface area contributed by atoms with Crippen LogP contribution in [-0.2, 0) is 19.4 Å². The second kappa shape index (κ2) is 5.76. The molecule has 17 heavy (non-hydrogen) atoms. The average molecular weight is 267 g/mol. The molecule has 0 saturated carbocycles. The summed E-state index contributed by atoms with van der Waals surface area (Å²) >= 11 is 0. The van der Waals surface area contributed by atoms with E-state index >= 15 is 0 Å². The number of aliphatic hydroxyl groups excluding tert-OH is 1. The van der Waals surface area contributed by atoms with Crippen molar-refractivity contribution in [1.29, 1.82) is 0 Å². The van der Waals surface area contributed by atoms with Crippen LogP contribution in [0.4, 0.5) is 0 Å². The highest BCUT2D eigenvalue weighted by atomic mass is 32.2. The molecule has 1 heterocycles. The summed E-state index contributed by atoms with van der Waals surface area (Å²) in [7, 11) is -1.80. The van der Waals surface area contributed by atoms with Gasteiger partial charge in [-0.3, -0.25) is 9.69 Å². The van der Waals surface area contributed by atoms with Gasteiger partial charge in [0.1, 0.15) is 0 Å². The minimum Gasteiger partial charge on any atom is -0.480 e. The molecule has 2 N–H and O–H groups in total. The maximum absolute atomic E-state index is 11.4. The Balaban J connectivity index is 2.72. The third-order valence-corrected chi connectivity index (χ3v) is 4.38. The standard InChI is InChI=1S/C9H17NO6S/c1-16-3-2-10(4-9(12)13)7-5-17(14,15)6-8(7)11/h7-8,11H,2-6H2,1H3,(H,12,13). The van der Waals surface area contributed by atoms with Crippen LogP contribution in [0.5, 0.6) is 0 Å². The van der Waals surface area contributed by atoms with Crippen molar-refractivity contribution in [2.75, 3.05) is 38.3 Å². The van der Waals surface area contributed by atoms with E-state index in [-0.39, 0.29) is 31.2 Å². The van der Waals surface area contributed by atoms with E-state index in [4.69, 9.17) is 9.84 Å². The van der Waals surface area contributed by atoms with Crippen molar-refractivity contribution in [3.05, 3.63) is 0 Å². The molecule has 0 radical (unpaired) electrons. The lowest BCUT2D eigenvalue weighted by molar-refractivity contribution is -0.139. The van der Waals surface area contributed by atoms with E-state index in [1.54, 1.807) is 0 Å². The van der Waals surface area contributed by atoms with Gasteiger partial charge in [0.05, 0.1) is 36.8 Å². The predicted molar refractivity (Wildman–Crippen MR) is 59.5 cm³/mol. The number of rotatable bonds is 6. The molecule has 2 unspecified atom stereocenters. The zero-order valence-corrected chi connectivity index (χ0v) is 10.4. The van der Waals surface area contributed by atoms with Crippen molar-refractivity contribution in [3.63, 3.8) is 0 Å². The highest BCUT2D eigenvalue weighted by Gasteiger charge is 2.40. The molecule has 0 spiro atoms. The predicted octanol–water partition coefficient (Wildman–Crippen LogP) is -1.82. The number of aliphatic carboxylic acids is 1. The summed E-state index contributed by atoms with van der Waals surface area (Å²) < 4.78 is 27.5. The molecule has 1 saturated heterocycles. The highest BCUT2D eigenvalue weighted by molar-refractivity contribution is 7.91. The van der Waals surface area contributed by atoms with Crippen molar-refractivity contribution in [2.24, 2.45) is 0 Å².